The molecule has 4 heteroatoms. The number of ether oxygens (including phenoxy) is 1. The van der Waals surface area contributed by atoms with Gasteiger partial charge in [0.05, 0.1) is 12.3 Å². The number of hydrogen-bond donors (Lipinski definition) is 1. The average Bonchev–Trinajstić information content (AvgIpc) is 2.41. The summed E-state index contributed by atoms with van der Waals surface area (Å²) in [5.74, 6) is -0.185. The van der Waals surface area contributed by atoms with Crippen LogP contribution < -0.4 is 10.6 Å². The quantitative estimate of drug-likeness (QED) is 0.796. The number of rotatable bonds is 8. The Kier molecular flexibility index (Phi) is 6.96. The van der Waals surface area contributed by atoms with E-state index in [1.54, 1.807) is 13.2 Å². The molecule has 1 atom stereocenters. The summed E-state index contributed by atoms with van der Waals surface area (Å²) in [4.78, 5) is 2.05. The molecule has 1 aromatic carbocycles. The zero-order chi connectivity index (χ0) is 15.1. The molecule has 0 saturated heterocycles. The van der Waals surface area contributed by atoms with Crippen LogP contribution in [-0.2, 0) is 11.2 Å². The summed E-state index contributed by atoms with van der Waals surface area (Å²) in [5, 5.41) is 0. The molecule has 0 fully saturated rings. The second kappa shape index (κ2) is 8.22. The van der Waals surface area contributed by atoms with Gasteiger partial charge in [-0.2, -0.15) is 0 Å². The van der Waals surface area contributed by atoms with Gasteiger partial charge in [0.25, 0.3) is 0 Å². The summed E-state index contributed by atoms with van der Waals surface area (Å²) < 4.78 is 19.5. The van der Waals surface area contributed by atoms with Crippen molar-refractivity contribution in [2.75, 3.05) is 25.2 Å². The van der Waals surface area contributed by atoms with E-state index in [0.29, 0.717) is 25.3 Å². The third-order valence-corrected chi connectivity index (χ3v) is 3.52. The highest BCUT2D eigenvalue weighted by Crippen LogP contribution is 2.27. The van der Waals surface area contributed by atoms with Crippen molar-refractivity contribution in [3.8, 4) is 0 Å². The Morgan fingerprint density at radius 3 is 2.60 bits per heavy atom. The highest BCUT2D eigenvalue weighted by atomic mass is 19.1. The average molecular weight is 282 g/mol. The van der Waals surface area contributed by atoms with Gasteiger partial charge in [-0.15, -0.1) is 0 Å². The van der Waals surface area contributed by atoms with Crippen LogP contribution >= 0.6 is 0 Å². The van der Waals surface area contributed by atoms with Gasteiger partial charge in [-0.05, 0) is 38.3 Å². The predicted molar refractivity (Wildman–Crippen MR) is 82.7 cm³/mol. The number of halogens is 1. The van der Waals surface area contributed by atoms with Crippen molar-refractivity contribution < 1.29 is 9.13 Å². The monoisotopic (exact) mass is 282 g/mol. The molecule has 1 rings (SSSR count). The minimum atomic E-state index is -0.185. The molecule has 0 radical (unpaired) electrons. The van der Waals surface area contributed by atoms with Crippen molar-refractivity contribution in [2.45, 2.75) is 45.7 Å². The lowest BCUT2D eigenvalue weighted by atomic mass is 10.0. The maximum absolute atomic E-state index is 14.3. The van der Waals surface area contributed by atoms with E-state index in [9.17, 15) is 4.39 Å². The van der Waals surface area contributed by atoms with Gasteiger partial charge < -0.3 is 15.4 Å². The topological polar surface area (TPSA) is 38.5 Å². The Morgan fingerprint density at radius 1 is 1.35 bits per heavy atom. The first-order valence-corrected chi connectivity index (χ1v) is 7.29. The van der Waals surface area contributed by atoms with Gasteiger partial charge in [-0.1, -0.05) is 19.1 Å². The fraction of sp³-hybridized carbons (Fsp3) is 0.625. The molecule has 1 unspecified atom stereocenters. The van der Waals surface area contributed by atoms with Crippen molar-refractivity contribution >= 4 is 5.69 Å². The number of anilines is 1. The molecule has 3 nitrogen and oxygen atoms in total. The van der Waals surface area contributed by atoms with Crippen molar-refractivity contribution in [3.63, 3.8) is 0 Å². The third kappa shape index (κ3) is 4.46. The summed E-state index contributed by atoms with van der Waals surface area (Å²) in [7, 11) is 1.66. The predicted octanol–water partition coefficient (Wildman–Crippen LogP) is 2.97. The van der Waals surface area contributed by atoms with Crippen LogP contribution in [0.3, 0.4) is 0 Å². The number of methoxy groups -OCH3 is 1. The van der Waals surface area contributed by atoms with Crippen LogP contribution in [0, 0.1) is 5.82 Å². The fourth-order valence-electron chi connectivity index (χ4n) is 2.29. The molecule has 0 bridgehead atoms. The molecule has 1 aromatic rings. The third-order valence-electron chi connectivity index (χ3n) is 3.52. The number of para-hydroxylation sites is 1. The normalized spacial score (nSPS) is 12.8. The van der Waals surface area contributed by atoms with E-state index in [4.69, 9.17) is 10.5 Å². The molecule has 20 heavy (non-hydrogen) atoms. The zero-order valence-electron chi connectivity index (χ0n) is 13.0. The maximum atomic E-state index is 14.3. The summed E-state index contributed by atoms with van der Waals surface area (Å²) in [6.07, 6.45) is 1.58. The van der Waals surface area contributed by atoms with Gasteiger partial charge in [-0.3, -0.25) is 0 Å². The minimum absolute atomic E-state index is 0.0620. The lowest BCUT2D eigenvalue weighted by Crippen LogP contribution is -2.36. The molecule has 0 heterocycles. The summed E-state index contributed by atoms with van der Waals surface area (Å²) in [5.41, 5.74) is 7.68. The molecule has 2 N–H and O–H groups in total. The SMILES string of the molecule is CCC(N)Cc1cccc(F)c1N(CCOC)C(C)C. The Morgan fingerprint density at radius 2 is 2.05 bits per heavy atom. The molecule has 114 valence electrons. The van der Waals surface area contributed by atoms with Crippen LogP contribution in [0.2, 0.25) is 0 Å². The van der Waals surface area contributed by atoms with Crippen LogP contribution in [0.5, 0.6) is 0 Å². The molecule has 0 amide bonds. The fourth-order valence-corrected chi connectivity index (χ4v) is 2.29. The van der Waals surface area contributed by atoms with Gasteiger partial charge in [0.1, 0.15) is 5.82 Å². The minimum Gasteiger partial charge on any atom is -0.383 e. The summed E-state index contributed by atoms with van der Waals surface area (Å²) in [6, 6.07) is 5.51. The highest BCUT2D eigenvalue weighted by Gasteiger charge is 2.19. The standard InChI is InChI=1S/C16H27FN2O/c1-5-14(18)11-13-7-6-8-15(17)16(13)19(12(2)3)9-10-20-4/h6-8,12,14H,5,9-11,18H2,1-4H3. The molecule has 0 aliphatic rings. The lowest BCUT2D eigenvalue weighted by Gasteiger charge is -2.31. The van der Waals surface area contributed by atoms with Gasteiger partial charge in [0.15, 0.2) is 0 Å². The van der Waals surface area contributed by atoms with Crippen LogP contribution in [0.15, 0.2) is 18.2 Å². The van der Waals surface area contributed by atoms with Crippen molar-refractivity contribution in [3.05, 3.63) is 29.6 Å². The zero-order valence-corrected chi connectivity index (χ0v) is 13.0. The van der Waals surface area contributed by atoms with E-state index >= 15 is 0 Å². The Bertz CT molecular complexity index is 409. The van der Waals surface area contributed by atoms with E-state index in [1.807, 2.05) is 6.07 Å². The van der Waals surface area contributed by atoms with Crippen LogP contribution in [0.25, 0.3) is 0 Å². The van der Waals surface area contributed by atoms with E-state index in [1.165, 1.54) is 6.07 Å². The van der Waals surface area contributed by atoms with Gasteiger partial charge >= 0.3 is 0 Å². The van der Waals surface area contributed by atoms with Crippen LogP contribution in [0.4, 0.5) is 10.1 Å². The maximum Gasteiger partial charge on any atom is 0.146 e. The van der Waals surface area contributed by atoms with Gasteiger partial charge in [0.2, 0.25) is 0 Å². The van der Waals surface area contributed by atoms with E-state index in [2.05, 4.69) is 25.7 Å². The van der Waals surface area contributed by atoms with E-state index in [-0.39, 0.29) is 17.9 Å². The Hall–Kier alpha value is -1.13. The first kappa shape index (κ1) is 16.9. The molecule has 0 spiro atoms. The number of benzene rings is 1. The second-order valence-corrected chi connectivity index (χ2v) is 5.40. The molecule has 0 aromatic heterocycles. The highest BCUT2D eigenvalue weighted by molar-refractivity contribution is 5.56. The largest absolute Gasteiger partial charge is 0.383 e. The molecular formula is C16H27FN2O. The Labute approximate surface area is 121 Å². The first-order valence-electron chi connectivity index (χ1n) is 7.29. The molecule has 0 aliphatic carbocycles. The van der Waals surface area contributed by atoms with Gasteiger partial charge in [-0.25, -0.2) is 4.39 Å². The number of nitrogens with two attached hydrogens (primary N) is 1. The molecule has 0 saturated carbocycles. The smallest absolute Gasteiger partial charge is 0.146 e. The summed E-state index contributed by atoms with van der Waals surface area (Å²) in [6.45, 7) is 7.42. The number of nitrogens with zero attached hydrogens (tertiary/aromatic N) is 1. The first-order chi connectivity index (χ1) is 9.51. The van der Waals surface area contributed by atoms with Crippen LogP contribution in [0.1, 0.15) is 32.8 Å². The Balaban J connectivity index is 3.10. The summed E-state index contributed by atoms with van der Waals surface area (Å²) >= 11 is 0. The molecular weight excluding hydrogens is 255 g/mol. The number of hydrogen-bond acceptors (Lipinski definition) is 3. The lowest BCUT2D eigenvalue weighted by molar-refractivity contribution is 0.203. The van der Waals surface area contributed by atoms with E-state index < -0.39 is 0 Å². The van der Waals surface area contributed by atoms with Crippen molar-refractivity contribution in [1.29, 1.82) is 0 Å². The van der Waals surface area contributed by atoms with E-state index in [0.717, 1.165) is 12.0 Å². The van der Waals surface area contributed by atoms with Crippen molar-refractivity contribution in [1.82, 2.24) is 0 Å². The molecule has 0 aliphatic heterocycles. The van der Waals surface area contributed by atoms with Crippen LogP contribution in [-0.4, -0.2) is 32.3 Å². The second-order valence-electron chi connectivity index (χ2n) is 5.40. The van der Waals surface area contributed by atoms with Gasteiger partial charge in [0, 0.05) is 25.7 Å². The van der Waals surface area contributed by atoms with Crippen molar-refractivity contribution in [2.24, 2.45) is 5.73 Å².